The number of carbonyl (C=O) groups is 2. The monoisotopic (exact) mass is 414 g/mol. The van der Waals surface area contributed by atoms with Crippen LogP contribution in [0.25, 0.3) is 0 Å². The molecule has 29 heavy (non-hydrogen) atoms. The molecule has 6 heteroatoms. The highest BCUT2D eigenvalue weighted by Gasteiger charge is 2.19. The van der Waals surface area contributed by atoms with Gasteiger partial charge in [0.05, 0.1) is 16.9 Å². The zero-order valence-corrected chi connectivity index (χ0v) is 17.1. The molecule has 0 heterocycles. The minimum Gasteiger partial charge on any atom is -0.507 e. The number of phenols is 1. The van der Waals surface area contributed by atoms with Crippen LogP contribution in [-0.2, 0) is 11.2 Å². The van der Waals surface area contributed by atoms with Gasteiger partial charge >= 0.3 is 5.97 Å². The van der Waals surface area contributed by atoms with Gasteiger partial charge < -0.3 is 15.3 Å². The molecule has 2 aromatic carbocycles. The van der Waals surface area contributed by atoms with E-state index in [0.717, 1.165) is 10.5 Å². The third kappa shape index (κ3) is 7.75. The second kappa shape index (κ2) is 11.4. The van der Waals surface area contributed by atoms with Gasteiger partial charge in [-0.1, -0.05) is 42.5 Å². The van der Waals surface area contributed by atoms with Crippen molar-refractivity contribution in [2.75, 3.05) is 0 Å². The summed E-state index contributed by atoms with van der Waals surface area (Å²) >= 11 is 1.37. The van der Waals surface area contributed by atoms with Crippen molar-refractivity contribution in [3.8, 4) is 5.75 Å². The second-order valence-electron chi connectivity index (χ2n) is 6.79. The second-order valence-corrected chi connectivity index (χ2v) is 8.04. The number of aliphatic hydroxyl groups excluding tert-OH is 1. The van der Waals surface area contributed by atoms with E-state index in [1.165, 1.54) is 24.8 Å². The highest BCUT2D eigenvalue weighted by Crippen LogP contribution is 2.32. The quantitative estimate of drug-likeness (QED) is 0.285. The normalized spacial score (nSPS) is 13.3. The number of hydrogen-bond acceptors (Lipinski definition) is 5. The molecule has 2 unspecified atom stereocenters. The van der Waals surface area contributed by atoms with E-state index < -0.39 is 12.1 Å². The smallest absolute Gasteiger partial charge is 0.303 e. The highest BCUT2D eigenvalue weighted by molar-refractivity contribution is 8.00. The lowest BCUT2D eigenvalue weighted by atomic mass is 10.1. The number of allylic oxidation sites excluding steroid dienone is 1. The van der Waals surface area contributed by atoms with Crippen LogP contribution in [0.3, 0.4) is 0 Å². The molecular weight excluding hydrogens is 388 g/mol. The summed E-state index contributed by atoms with van der Waals surface area (Å²) in [5.74, 6) is -1.19. The minimum atomic E-state index is -0.884. The lowest BCUT2D eigenvalue weighted by molar-refractivity contribution is -0.137. The third-order valence-electron chi connectivity index (χ3n) is 4.41. The maximum atomic E-state index is 11.5. The van der Waals surface area contributed by atoms with Gasteiger partial charge in [-0.15, -0.1) is 11.8 Å². The van der Waals surface area contributed by atoms with Crippen molar-refractivity contribution in [1.29, 1.82) is 0 Å². The zero-order chi connectivity index (χ0) is 21.2. The van der Waals surface area contributed by atoms with E-state index in [0.29, 0.717) is 19.3 Å². The summed E-state index contributed by atoms with van der Waals surface area (Å²) in [7, 11) is 0. The molecule has 2 rings (SSSR count). The van der Waals surface area contributed by atoms with Gasteiger partial charge in [0.2, 0.25) is 0 Å². The van der Waals surface area contributed by atoms with Crippen LogP contribution in [0.4, 0.5) is 0 Å². The Morgan fingerprint density at radius 1 is 1.14 bits per heavy atom. The Hall–Kier alpha value is -2.57. The molecule has 0 aliphatic rings. The fraction of sp³-hybridized carbons (Fsp3) is 0.304. The van der Waals surface area contributed by atoms with Crippen LogP contribution in [0.2, 0.25) is 0 Å². The van der Waals surface area contributed by atoms with Gasteiger partial charge in [0.25, 0.3) is 0 Å². The lowest BCUT2D eigenvalue weighted by Crippen LogP contribution is -2.21. The Kier molecular flexibility index (Phi) is 8.96. The van der Waals surface area contributed by atoms with Gasteiger partial charge in [0, 0.05) is 11.3 Å². The van der Waals surface area contributed by atoms with Crippen molar-refractivity contribution in [3.05, 3.63) is 71.8 Å². The van der Waals surface area contributed by atoms with Crippen molar-refractivity contribution in [2.45, 2.75) is 48.9 Å². The first-order valence-corrected chi connectivity index (χ1v) is 10.4. The summed E-state index contributed by atoms with van der Waals surface area (Å²) in [6.45, 7) is 1.39. The van der Waals surface area contributed by atoms with Crippen molar-refractivity contribution in [3.63, 3.8) is 0 Å². The number of Topliss-reactive ketones (excluding diaryl/α,β-unsaturated/α-hetero) is 1. The first-order chi connectivity index (χ1) is 13.9. The Morgan fingerprint density at radius 2 is 1.86 bits per heavy atom. The Balaban J connectivity index is 2.11. The van der Waals surface area contributed by atoms with Crippen LogP contribution in [0.1, 0.15) is 42.1 Å². The number of aromatic hydroxyl groups is 1. The fourth-order valence-corrected chi connectivity index (χ4v) is 3.99. The standard InChI is InChI=1S/C23H26O5S/c1-16(24)19-14-13-18(15-21(19)26)29-22(20(25)10-6-12-23(27)28)11-5-9-17-7-3-2-4-8-17/h2-5,7-8,11,13-15,20,22,25-26H,6,9-10,12H2,1H3,(H,27,28)/b11-5-. The van der Waals surface area contributed by atoms with E-state index in [1.54, 1.807) is 12.1 Å². The van der Waals surface area contributed by atoms with Gasteiger partial charge in [-0.2, -0.15) is 0 Å². The number of aliphatic hydroxyl groups is 1. The number of rotatable bonds is 11. The maximum Gasteiger partial charge on any atom is 0.303 e. The van der Waals surface area contributed by atoms with Gasteiger partial charge in [0.15, 0.2) is 5.78 Å². The van der Waals surface area contributed by atoms with Gasteiger partial charge in [-0.05, 0) is 49.9 Å². The molecule has 0 aliphatic heterocycles. The largest absolute Gasteiger partial charge is 0.507 e. The molecule has 0 saturated carbocycles. The summed E-state index contributed by atoms with van der Waals surface area (Å²) in [5, 5.41) is 29.2. The van der Waals surface area contributed by atoms with Crippen LogP contribution in [0.15, 0.2) is 65.6 Å². The summed E-state index contributed by atoms with van der Waals surface area (Å²) in [6, 6.07) is 14.8. The predicted molar refractivity (Wildman–Crippen MR) is 115 cm³/mol. The Bertz CT molecular complexity index is 848. The van der Waals surface area contributed by atoms with E-state index in [-0.39, 0.29) is 28.8 Å². The van der Waals surface area contributed by atoms with Crippen molar-refractivity contribution >= 4 is 23.5 Å². The van der Waals surface area contributed by atoms with E-state index in [9.17, 15) is 19.8 Å². The number of carbonyl (C=O) groups excluding carboxylic acids is 1. The molecule has 0 radical (unpaired) electrons. The molecule has 2 aromatic rings. The maximum absolute atomic E-state index is 11.5. The fourth-order valence-electron chi connectivity index (χ4n) is 2.86. The molecular formula is C23H26O5S. The number of aliphatic carboxylic acids is 1. The molecule has 0 amide bonds. The van der Waals surface area contributed by atoms with Crippen LogP contribution >= 0.6 is 11.8 Å². The van der Waals surface area contributed by atoms with Crippen molar-refractivity contribution in [2.24, 2.45) is 0 Å². The predicted octanol–water partition coefficient (Wildman–Crippen LogP) is 4.47. The Labute approximate surface area is 175 Å². The van der Waals surface area contributed by atoms with Gasteiger partial charge in [-0.3, -0.25) is 9.59 Å². The number of carboxylic acids is 1. The molecule has 154 valence electrons. The topological polar surface area (TPSA) is 94.8 Å². The van der Waals surface area contributed by atoms with Gasteiger partial charge in [0.1, 0.15) is 5.75 Å². The number of ketones is 1. The molecule has 0 aromatic heterocycles. The van der Waals surface area contributed by atoms with Crippen molar-refractivity contribution < 1.29 is 24.9 Å². The molecule has 0 bridgehead atoms. The number of thioether (sulfide) groups is 1. The Morgan fingerprint density at radius 3 is 2.48 bits per heavy atom. The minimum absolute atomic E-state index is 0.0102. The molecule has 3 N–H and O–H groups in total. The summed E-state index contributed by atoms with van der Waals surface area (Å²) in [4.78, 5) is 23.0. The molecule has 0 aliphatic carbocycles. The number of phenolic OH excluding ortho intramolecular Hbond substituents is 1. The van der Waals surface area contributed by atoms with E-state index in [4.69, 9.17) is 5.11 Å². The van der Waals surface area contributed by atoms with Crippen LogP contribution in [-0.4, -0.2) is 38.4 Å². The van der Waals surface area contributed by atoms with Crippen LogP contribution in [0, 0.1) is 0 Å². The average molecular weight is 415 g/mol. The molecule has 0 spiro atoms. The zero-order valence-electron chi connectivity index (χ0n) is 16.3. The van der Waals surface area contributed by atoms with Crippen LogP contribution in [0.5, 0.6) is 5.75 Å². The number of benzene rings is 2. The van der Waals surface area contributed by atoms with E-state index >= 15 is 0 Å². The van der Waals surface area contributed by atoms with E-state index in [1.807, 2.05) is 42.5 Å². The third-order valence-corrected chi connectivity index (χ3v) is 5.68. The number of hydrogen-bond donors (Lipinski definition) is 3. The first-order valence-electron chi connectivity index (χ1n) is 9.48. The summed E-state index contributed by atoms with van der Waals surface area (Å²) < 4.78 is 0. The van der Waals surface area contributed by atoms with Crippen molar-refractivity contribution in [1.82, 2.24) is 0 Å². The lowest BCUT2D eigenvalue weighted by Gasteiger charge is -2.20. The SMILES string of the molecule is CC(=O)c1ccc(SC(/C=C\Cc2ccccc2)C(O)CCCC(=O)O)cc1O. The molecule has 0 saturated heterocycles. The molecule has 5 nitrogen and oxygen atoms in total. The first kappa shape index (κ1) is 22.7. The number of carboxylic acid groups (broad SMARTS) is 1. The molecule has 0 fully saturated rings. The van der Waals surface area contributed by atoms with Crippen LogP contribution < -0.4 is 0 Å². The van der Waals surface area contributed by atoms with Gasteiger partial charge in [-0.25, -0.2) is 0 Å². The van der Waals surface area contributed by atoms with E-state index in [2.05, 4.69) is 0 Å². The average Bonchev–Trinajstić information content (AvgIpc) is 2.67. The summed E-state index contributed by atoms with van der Waals surface area (Å²) in [5.41, 5.74) is 1.41. The molecule has 2 atom stereocenters. The summed E-state index contributed by atoms with van der Waals surface area (Å²) in [6.07, 6.45) is 4.63. The highest BCUT2D eigenvalue weighted by atomic mass is 32.2.